The van der Waals surface area contributed by atoms with Gasteiger partial charge in [0.1, 0.15) is 11.5 Å². The summed E-state index contributed by atoms with van der Waals surface area (Å²) in [4.78, 5) is 32.4. The molecule has 1 amide bonds. The van der Waals surface area contributed by atoms with Gasteiger partial charge >= 0.3 is 0 Å². The Balaban J connectivity index is 1.40. The number of piperidine rings is 1. The molecule has 0 saturated carbocycles. The fourth-order valence-electron chi connectivity index (χ4n) is 3.57. The molecule has 0 spiro atoms. The van der Waals surface area contributed by atoms with E-state index in [0.29, 0.717) is 18.8 Å². The lowest BCUT2D eigenvalue weighted by Gasteiger charge is -2.34. The summed E-state index contributed by atoms with van der Waals surface area (Å²) >= 11 is 0. The lowest BCUT2D eigenvalue weighted by molar-refractivity contribution is 0.0740. The Hall–Kier alpha value is -2.70. The second-order valence-electron chi connectivity index (χ2n) is 6.76. The number of rotatable bonds is 3. The molecule has 2 aliphatic rings. The molecule has 0 aromatic carbocycles. The molecular formula is C19H24N6O. The summed E-state index contributed by atoms with van der Waals surface area (Å²) in [6, 6.07) is 7.58. The maximum atomic E-state index is 12.9. The molecule has 7 heteroatoms. The highest BCUT2D eigenvalue weighted by Gasteiger charge is 2.24. The number of hydrogen-bond acceptors (Lipinski definition) is 6. The van der Waals surface area contributed by atoms with E-state index in [-0.39, 0.29) is 5.91 Å². The van der Waals surface area contributed by atoms with Crippen LogP contribution in [0.15, 0.2) is 36.7 Å². The van der Waals surface area contributed by atoms with Gasteiger partial charge in [0.25, 0.3) is 5.91 Å². The minimum Gasteiger partial charge on any atom is -0.357 e. The van der Waals surface area contributed by atoms with E-state index in [9.17, 15) is 4.79 Å². The molecule has 4 rings (SSSR count). The van der Waals surface area contributed by atoms with Crippen molar-refractivity contribution in [2.45, 2.75) is 19.3 Å². The molecule has 0 unspecified atom stereocenters. The van der Waals surface area contributed by atoms with Crippen LogP contribution >= 0.6 is 0 Å². The molecule has 4 heterocycles. The Labute approximate surface area is 153 Å². The molecule has 0 N–H and O–H groups in total. The van der Waals surface area contributed by atoms with Crippen LogP contribution in [0.4, 0.5) is 11.8 Å². The van der Waals surface area contributed by atoms with E-state index in [2.05, 4.69) is 24.8 Å². The van der Waals surface area contributed by atoms with Crippen LogP contribution in [0.5, 0.6) is 0 Å². The van der Waals surface area contributed by atoms with Crippen molar-refractivity contribution in [2.75, 3.05) is 49.1 Å². The van der Waals surface area contributed by atoms with Gasteiger partial charge in [0.05, 0.1) is 0 Å². The zero-order chi connectivity index (χ0) is 17.8. The van der Waals surface area contributed by atoms with Gasteiger partial charge in [-0.3, -0.25) is 4.79 Å². The summed E-state index contributed by atoms with van der Waals surface area (Å²) in [6.07, 6.45) is 7.17. The normalized spacial score (nSPS) is 18.1. The third-order valence-corrected chi connectivity index (χ3v) is 5.04. The van der Waals surface area contributed by atoms with Gasteiger partial charge in [-0.25, -0.2) is 15.0 Å². The number of carbonyl (C=O) groups is 1. The molecule has 2 aliphatic heterocycles. The molecule has 136 valence electrons. The van der Waals surface area contributed by atoms with Crippen LogP contribution < -0.4 is 9.80 Å². The van der Waals surface area contributed by atoms with E-state index in [1.165, 1.54) is 19.3 Å². The monoisotopic (exact) mass is 352 g/mol. The zero-order valence-electron chi connectivity index (χ0n) is 14.9. The zero-order valence-corrected chi connectivity index (χ0v) is 14.9. The lowest BCUT2D eigenvalue weighted by atomic mass is 10.1. The topological polar surface area (TPSA) is 65.5 Å². The Morgan fingerprint density at radius 3 is 2.27 bits per heavy atom. The quantitative estimate of drug-likeness (QED) is 0.840. The minimum atomic E-state index is 0.0116. The molecule has 7 nitrogen and oxygen atoms in total. The highest BCUT2D eigenvalue weighted by atomic mass is 16.2. The van der Waals surface area contributed by atoms with E-state index in [1.807, 2.05) is 29.2 Å². The number of piperazine rings is 1. The first-order valence-corrected chi connectivity index (χ1v) is 9.34. The van der Waals surface area contributed by atoms with E-state index < -0.39 is 0 Å². The standard InChI is InChI=1S/C19H24N6O/c26-18(16-6-4-7-17(22-16)23-10-2-1-3-11-23)24-12-14-25(15-13-24)19-20-8-5-9-21-19/h4-9H,1-3,10-15H2. The average Bonchev–Trinajstić information content (AvgIpc) is 2.75. The van der Waals surface area contributed by atoms with Crippen LogP contribution in [0.1, 0.15) is 29.8 Å². The van der Waals surface area contributed by atoms with Crippen LogP contribution in [0.2, 0.25) is 0 Å². The van der Waals surface area contributed by atoms with Gasteiger partial charge in [0, 0.05) is 51.7 Å². The summed E-state index contributed by atoms with van der Waals surface area (Å²) in [6.45, 7) is 4.85. The third kappa shape index (κ3) is 3.61. The van der Waals surface area contributed by atoms with Gasteiger partial charge in [0.2, 0.25) is 5.95 Å². The summed E-state index contributed by atoms with van der Waals surface area (Å²) in [5.74, 6) is 1.66. The first kappa shape index (κ1) is 16.8. The second kappa shape index (κ2) is 7.68. The fraction of sp³-hybridized carbons (Fsp3) is 0.474. The predicted molar refractivity (Wildman–Crippen MR) is 100 cm³/mol. The number of aromatic nitrogens is 3. The molecule has 0 radical (unpaired) electrons. The molecule has 0 bridgehead atoms. The van der Waals surface area contributed by atoms with Crippen LogP contribution in [0.25, 0.3) is 0 Å². The van der Waals surface area contributed by atoms with E-state index in [4.69, 9.17) is 0 Å². The average molecular weight is 352 g/mol. The van der Waals surface area contributed by atoms with Crippen LogP contribution in [-0.2, 0) is 0 Å². The Morgan fingerprint density at radius 1 is 0.808 bits per heavy atom. The molecule has 2 aromatic rings. The van der Waals surface area contributed by atoms with Gasteiger partial charge in [-0.1, -0.05) is 6.07 Å². The van der Waals surface area contributed by atoms with Crippen molar-refractivity contribution in [2.24, 2.45) is 0 Å². The lowest BCUT2D eigenvalue weighted by Crippen LogP contribution is -2.49. The maximum absolute atomic E-state index is 12.9. The highest BCUT2D eigenvalue weighted by molar-refractivity contribution is 5.92. The summed E-state index contributed by atoms with van der Waals surface area (Å²) in [7, 11) is 0. The van der Waals surface area contributed by atoms with Crippen LogP contribution in [0.3, 0.4) is 0 Å². The smallest absolute Gasteiger partial charge is 0.272 e. The summed E-state index contributed by atoms with van der Waals surface area (Å²) in [5.41, 5.74) is 0.539. The largest absolute Gasteiger partial charge is 0.357 e. The van der Waals surface area contributed by atoms with Crippen molar-refractivity contribution in [3.63, 3.8) is 0 Å². The van der Waals surface area contributed by atoms with Crippen molar-refractivity contribution >= 4 is 17.7 Å². The van der Waals surface area contributed by atoms with E-state index in [1.54, 1.807) is 12.4 Å². The van der Waals surface area contributed by atoms with Crippen LogP contribution in [0, 0.1) is 0 Å². The predicted octanol–water partition coefficient (Wildman–Crippen LogP) is 1.82. The molecule has 2 saturated heterocycles. The number of anilines is 2. The fourth-order valence-corrected chi connectivity index (χ4v) is 3.57. The summed E-state index contributed by atoms with van der Waals surface area (Å²) < 4.78 is 0. The first-order chi connectivity index (χ1) is 12.8. The number of hydrogen-bond donors (Lipinski definition) is 0. The number of carbonyl (C=O) groups excluding carboxylic acids is 1. The Morgan fingerprint density at radius 2 is 1.54 bits per heavy atom. The second-order valence-corrected chi connectivity index (χ2v) is 6.76. The number of nitrogens with zero attached hydrogens (tertiary/aromatic N) is 6. The molecule has 2 aromatic heterocycles. The molecular weight excluding hydrogens is 328 g/mol. The number of pyridine rings is 1. The molecule has 0 aliphatic carbocycles. The van der Waals surface area contributed by atoms with Gasteiger partial charge in [0.15, 0.2) is 0 Å². The van der Waals surface area contributed by atoms with Gasteiger partial charge in [-0.15, -0.1) is 0 Å². The maximum Gasteiger partial charge on any atom is 0.272 e. The van der Waals surface area contributed by atoms with Crippen molar-refractivity contribution in [3.05, 3.63) is 42.4 Å². The molecule has 2 fully saturated rings. The molecule has 0 atom stereocenters. The van der Waals surface area contributed by atoms with E-state index in [0.717, 1.165) is 37.9 Å². The van der Waals surface area contributed by atoms with Crippen molar-refractivity contribution in [3.8, 4) is 0 Å². The van der Waals surface area contributed by atoms with Gasteiger partial charge in [-0.2, -0.15) is 0 Å². The third-order valence-electron chi connectivity index (χ3n) is 5.04. The van der Waals surface area contributed by atoms with Crippen molar-refractivity contribution in [1.82, 2.24) is 19.9 Å². The van der Waals surface area contributed by atoms with E-state index >= 15 is 0 Å². The minimum absolute atomic E-state index is 0.0116. The van der Waals surface area contributed by atoms with Crippen LogP contribution in [-0.4, -0.2) is 65.0 Å². The summed E-state index contributed by atoms with van der Waals surface area (Å²) in [5, 5.41) is 0. The van der Waals surface area contributed by atoms with Gasteiger partial charge < -0.3 is 14.7 Å². The first-order valence-electron chi connectivity index (χ1n) is 9.34. The highest BCUT2D eigenvalue weighted by Crippen LogP contribution is 2.19. The molecule has 26 heavy (non-hydrogen) atoms. The van der Waals surface area contributed by atoms with Gasteiger partial charge in [-0.05, 0) is 37.5 Å². The SMILES string of the molecule is O=C(c1cccc(N2CCCCC2)n1)N1CCN(c2ncccn2)CC1. The Kier molecular flexibility index (Phi) is 4.95. The number of amides is 1. The Bertz CT molecular complexity index is 739. The van der Waals surface area contributed by atoms with Crippen molar-refractivity contribution in [1.29, 1.82) is 0 Å². The van der Waals surface area contributed by atoms with Crippen molar-refractivity contribution < 1.29 is 4.79 Å².